The van der Waals surface area contributed by atoms with Gasteiger partial charge in [-0.2, -0.15) is 5.10 Å². The number of aromatic nitrogens is 3. The third-order valence-corrected chi connectivity index (χ3v) is 6.03. The Kier molecular flexibility index (Phi) is 5.16. The fraction of sp³-hybridized carbons (Fsp3) is 0.300. The van der Waals surface area contributed by atoms with E-state index in [1.54, 1.807) is 0 Å². The first-order valence-electron chi connectivity index (χ1n) is 8.92. The lowest BCUT2D eigenvalue weighted by molar-refractivity contribution is 0.122. The van der Waals surface area contributed by atoms with Gasteiger partial charge in [0, 0.05) is 28.8 Å². The quantitative estimate of drug-likeness (QED) is 0.588. The summed E-state index contributed by atoms with van der Waals surface area (Å²) < 4.78 is 9.07. The molecule has 140 valence electrons. The number of aromatic amines is 1. The summed E-state index contributed by atoms with van der Waals surface area (Å²) in [4.78, 5) is 2.34. The molecule has 1 N–H and O–H groups in total. The molecule has 2 aromatic carbocycles. The number of aryl methyl sites for hydroxylation is 2. The Bertz CT molecular complexity index is 1020. The summed E-state index contributed by atoms with van der Waals surface area (Å²) >= 11 is 9.15. The summed E-state index contributed by atoms with van der Waals surface area (Å²) in [7, 11) is 0. The van der Waals surface area contributed by atoms with Crippen molar-refractivity contribution in [3.8, 4) is 17.1 Å². The van der Waals surface area contributed by atoms with Gasteiger partial charge in [0.15, 0.2) is 10.6 Å². The summed E-state index contributed by atoms with van der Waals surface area (Å²) in [5.41, 5.74) is 5.62. The van der Waals surface area contributed by atoms with Gasteiger partial charge in [0.2, 0.25) is 0 Å². The van der Waals surface area contributed by atoms with Crippen LogP contribution in [0.15, 0.2) is 40.9 Å². The molecule has 7 heteroatoms. The van der Waals surface area contributed by atoms with Crippen LogP contribution in [0.2, 0.25) is 0 Å². The van der Waals surface area contributed by atoms with E-state index in [0.717, 1.165) is 53.4 Å². The minimum Gasteiger partial charge on any atom is -0.378 e. The minimum atomic E-state index is 0.584. The second-order valence-corrected chi connectivity index (χ2v) is 7.96. The van der Waals surface area contributed by atoms with E-state index >= 15 is 0 Å². The van der Waals surface area contributed by atoms with Crippen LogP contribution in [0.4, 0.5) is 5.69 Å². The molecule has 0 spiro atoms. The monoisotopic (exact) mass is 444 g/mol. The van der Waals surface area contributed by atoms with E-state index in [1.165, 1.54) is 11.3 Å². The predicted molar refractivity (Wildman–Crippen MR) is 114 cm³/mol. The number of morpholine rings is 1. The van der Waals surface area contributed by atoms with Crippen LogP contribution in [0, 0.1) is 18.6 Å². The van der Waals surface area contributed by atoms with Gasteiger partial charge in [0.1, 0.15) is 0 Å². The van der Waals surface area contributed by atoms with E-state index in [1.807, 2.05) is 4.57 Å². The molecule has 0 bridgehead atoms. The number of anilines is 1. The zero-order valence-electron chi connectivity index (χ0n) is 15.3. The third-order valence-electron chi connectivity index (χ3n) is 4.90. The fourth-order valence-electron chi connectivity index (χ4n) is 3.42. The van der Waals surface area contributed by atoms with Crippen molar-refractivity contribution in [1.29, 1.82) is 0 Å². The molecule has 0 amide bonds. The van der Waals surface area contributed by atoms with Crippen LogP contribution >= 0.6 is 28.1 Å². The molecule has 0 atom stereocenters. The maximum absolute atomic E-state index is 5.52. The maximum atomic E-state index is 5.52. The van der Waals surface area contributed by atoms with Gasteiger partial charge in [-0.15, -0.1) is 0 Å². The van der Waals surface area contributed by atoms with E-state index < -0.39 is 0 Å². The van der Waals surface area contributed by atoms with Crippen LogP contribution in [-0.2, 0) is 4.74 Å². The van der Waals surface area contributed by atoms with Crippen molar-refractivity contribution in [2.24, 2.45) is 0 Å². The first kappa shape index (κ1) is 18.4. The lowest BCUT2D eigenvalue weighted by Crippen LogP contribution is -2.36. The summed E-state index contributed by atoms with van der Waals surface area (Å²) in [6.07, 6.45) is 0. The summed E-state index contributed by atoms with van der Waals surface area (Å²) in [5.74, 6) is 0.817. The molecule has 1 fully saturated rings. The second kappa shape index (κ2) is 7.58. The highest BCUT2D eigenvalue weighted by Gasteiger charge is 2.16. The second-order valence-electron chi connectivity index (χ2n) is 6.72. The van der Waals surface area contributed by atoms with E-state index in [-0.39, 0.29) is 0 Å². The lowest BCUT2D eigenvalue weighted by Gasteiger charge is -2.29. The molecule has 0 saturated carbocycles. The van der Waals surface area contributed by atoms with E-state index in [0.29, 0.717) is 4.77 Å². The highest BCUT2D eigenvalue weighted by Crippen LogP contribution is 2.30. The van der Waals surface area contributed by atoms with Crippen molar-refractivity contribution in [3.05, 3.63) is 56.8 Å². The first-order valence-corrected chi connectivity index (χ1v) is 10.1. The van der Waals surface area contributed by atoms with E-state index in [2.05, 4.69) is 81.3 Å². The number of nitrogens with one attached hydrogen (secondary N) is 1. The molecule has 1 aromatic heterocycles. The zero-order chi connectivity index (χ0) is 19.0. The molecular formula is C20H21BrN4OS. The lowest BCUT2D eigenvalue weighted by atomic mass is 10.1. The third kappa shape index (κ3) is 3.59. The van der Waals surface area contributed by atoms with Crippen molar-refractivity contribution >= 4 is 33.8 Å². The van der Waals surface area contributed by atoms with E-state index in [4.69, 9.17) is 17.0 Å². The molecule has 1 saturated heterocycles. The van der Waals surface area contributed by atoms with E-state index in [9.17, 15) is 0 Å². The first-order chi connectivity index (χ1) is 13.0. The average Bonchev–Trinajstić information content (AvgIpc) is 3.07. The molecule has 0 aliphatic carbocycles. The van der Waals surface area contributed by atoms with Crippen LogP contribution in [0.25, 0.3) is 17.1 Å². The van der Waals surface area contributed by atoms with Crippen molar-refractivity contribution in [1.82, 2.24) is 14.8 Å². The predicted octanol–water partition coefficient (Wildman–Crippen LogP) is 4.81. The SMILES string of the molecule is Cc1cc(C)c(-c2n[nH]c(=S)n2-c2ccc(N3CCOCC3)cc2)cc1Br. The molecule has 3 aromatic rings. The Hall–Kier alpha value is -1.96. The number of H-pyrrole nitrogens is 1. The molecule has 1 aliphatic heterocycles. The maximum Gasteiger partial charge on any atom is 0.200 e. The summed E-state index contributed by atoms with van der Waals surface area (Å²) in [6, 6.07) is 12.7. The fourth-order valence-corrected chi connectivity index (χ4v) is 4.00. The Labute approximate surface area is 172 Å². The van der Waals surface area contributed by atoms with Gasteiger partial charge in [0.25, 0.3) is 0 Å². The Morgan fingerprint density at radius 1 is 1.04 bits per heavy atom. The molecule has 0 unspecified atom stereocenters. The standard InChI is InChI=1S/C20H21BrN4OS/c1-13-11-14(2)18(21)12-17(13)19-22-23-20(27)25(19)16-5-3-15(4-6-16)24-7-9-26-10-8-24/h3-6,11-12H,7-10H2,1-2H3,(H,23,27). The highest BCUT2D eigenvalue weighted by molar-refractivity contribution is 9.10. The van der Waals surface area contributed by atoms with Crippen molar-refractivity contribution in [3.63, 3.8) is 0 Å². The Morgan fingerprint density at radius 2 is 1.70 bits per heavy atom. The average molecular weight is 445 g/mol. The van der Waals surface area contributed by atoms with Gasteiger partial charge in [-0.05, 0) is 67.5 Å². The number of halogens is 1. The van der Waals surface area contributed by atoms with Crippen LogP contribution in [0.1, 0.15) is 11.1 Å². The number of nitrogens with zero attached hydrogens (tertiary/aromatic N) is 3. The van der Waals surface area contributed by atoms with Crippen molar-refractivity contribution in [2.75, 3.05) is 31.2 Å². The molecule has 0 radical (unpaired) electrons. The van der Waals surface area contributed by atoms with Gasteiger partial charge in [0.05, 0.1) is 18.9 Å². The van der Waals surface area contributed by atoms with Crippen LogP contribution < -0.4 is 4.90 Å². The number of hydrogen-bond acceptors (Lipinski definition) is 4. The highest BCUT2D eigenvalue weighted by atomic mass is 79.9. The topological polar surface area (TPSA) is 46.1 Å². The normalized spacial score (nSPS) is 14.6. The molecule has 5 nitrogen and oxygen atoms in total. The number of ether oxygens (including phenoxy) is 1. The van der Waals surface area contributed by atoms with Crippen LogP contribution in [0.5, 0.6) is 0 Å². The zero-order valence-corrected chi connectivity index (χ0v) is 17.7. The molecule has 27 heavy (non-hydrogen) atoms. The molecule has 2 heterocycles. The van der Waals surface area contributed by atoms with Gasteiger partial charge in [-0.3, -0.25) is 9.67 Å². The smallest absolute Gasteiger partial charge is 0.200 e. The van der Waals surface area contributed by atoms with Crippen molar-refractivity contribution < 1.29 is 4.74 Å². The molecular weight excluding hydrogens is 424 g/mol. The Balaban J connectivity index is 1.74. The van der Waals surface area contributed by atoms with Crippen LogP contribution in [-0.4, -0.2) is 41.1 Å². The molecule has 1 aliphatic rings. The number of rotatable bonds is 3. The van der Waals surface area contributed by atoms with Gasteiger partial charge < -0.3 is 9.64 Å². The number of benzene rings is 2. The summed E-state index contributed by atoms with van der Waals surface area (Å²) in [6.45, 7) is 7.58. The van der Waals surface area contributed by atoms with Gasteiger partial charge >= 0.3 is 0 Å². The number of hydrogen-bond donors (Lipinski definition) is 1. The van der Waals surface area contributed by atoms with Gasteiger partial charge in [-0.1, -0.05) is 22.0 Å². The molecule has 4 rings (SSSR count). The largest absolute Gasteiger partial charge is 0.378 e. The van der Waals surface area contributed by atoms with Crippen molar-refractivity contribution in [2.45, 2.75) is 13.8 Å². The minimum absolute atomic E-state index is 0.584. The Morgan fingerprint density at radius 3 is 2.41 bits per heavy atom. The summed E-state index contributed by atoms with van der Waals surface area (Å²) in [5, 5.41) is 7.45. The van der Waals surface area contributed by atoms with Gasteiger partial charge in [-0.25, -0.2) is 0 Å². The van der Waals surface area contributed by atoms with Crippen LogP contribution in [0.3, 0.4) is 0 Å².